The standard InChI is InChI=1S/C15H24FN3O/c1-11-9-15(13(12(2)17)10-14(11)16)19-5-3-18(4-6-19)7-8-20/h9-10,12,20H,3-8,17H2,1-2H3. The first-order valence-electron chi connectivity index (χ1n) is 7.16. The highest BCUT2D eigenvalue weighted by molar-refractivity contribution is 5.57. The highest BCUT2D eigenvalue weighted by atomic mass is 19.1. The van der Waals surface area contributed by atoms with Gasteiger partial charge in [0, 0.05) is 44.5 Å². The van der Waals surface area contributed by atoms with Crippen molar-refractivity contribution in [1.82, 2.24) is 4.90 Å². The van der Waals surface area contributed by atoms with Gasteiger partial charge in [-0.15, -0.1) is 0 Å². The minimum atomic E-state index is -0.194. The van der Waals surface area contributed by atoms with Crippen LogP contribution in [0, 0.1) is 12.7 Å². The smallest absolute Gasteiger partial charge is 0.126 e. The summed E-state index contributed by atoms with van der Waals surface area (Å²) in [6.45, 7) is 8.17. The first-order chi connectivity index (χ1) is 9.52. The molecule has 112 valence electrons. The second-order valence-electron chi connectivity index (χ2n) is 5.50. The van der Waals surface area contributed by atoms with Gasteiger partial charge in [-0.2, -0.15) is 0 Å². The van der Waals surface area contributed by atoms with E-state index in [2.05, 4.69) is 9.80 Å². The molecule has 1 aliphatic rings. The third-order valence-corrected chi connectivity index (χ3v) is 3.93. The van der Waals surface area contributed by atoms with Crippen LogP contribution in [0.5, 0.6) is 0 Å². The fourth-order valence-electron chi connectivity index (χ4n) is 2.67. The summed E-state index contributed by atoms with van der Waals surface area (Å²) >= 11 is 0. The predicted molar refractivity (Wildman–Crippen MR) is 79.5 cm³/mol. The SMILES string of the molecule is Cc1cc(N2CCN(CCO)CC2)c(C(C)N)cc1F. The fourth-order valence-corrected chi connectivity index (χ4v) is 2.67. The molecule has 1 heterocycles. The molecule has 3 N–H and O–H groups in total. The Bertz CT molecular complexity index is 457. The fraction of sp³-hybridized carbons (Fsp3) is 0.600. The minimum Gasteiger partial charge on any atom is -0.395 e. The molecule has 20 heavy (non-hydrogen) atoms. The summed E-state index contributed by atoms with van der Waals surface area (Å²) < 4.78 is 13.7. The van der Waals surface area contributed by atoms with E-state index in [1.807, 2.05) is 13.0 Å². The Morgan fingerprint density at radius 3 is 2.50 bits per heavy atom. The zero-order chi connectivity index (χ0) is 14.7. The van der Waals surface area contributed by atoms with E-state index in [1.54, 1.807) is 13.0 Å². The Morgan fingerprint density at radius 1 is 1.30 bits per heavy atom. The molecule has 5 heteroatoms. The molecule has 4 nitrogen and oxygen atoms in total. The van der Waals surface area contributed by atoms with Gasteiger partial charge in [0.2, 0.25) is 0 Å². The van der Waals surface area contributed by atoms with E-state index in [4.69, 9.17) is 10.8 Å². The first kappa shape index (κ1) is 15.2. The number of aliphatic hydroxyl groups is 1. The topological polar surface area (TPSA) is 52.7 Å². The van der Waals surface area contributed by atoms with Gasteiger partial charge in [0.25, 0.3) is 0 Å². The molecule has 1 aromatic rings. The second kappa shape index (κ2) is 6.52. The van der Waals surface area contributed by atoms with Crippen LogP contribution in [0.2, 0.25) is 0 Å². The Hall–Kier alpha value is -1.17. The molecular weight excluding hydrogens is 257 g/mol. The van der Waals surface area contributed by atoms with Crippen molar-refractivity contribution in [1.29, 1.82) is 0 Å². The van der Waals surface area contributed by atoms with Crippen LogP contribution in [0.3, 0.4) is 0 Å². The van der Waals surface area contributed by atoms with E-state index in [1.165, 1.54) is 0 Å². The molecule has 0 saturated carbocycles. The maximum atomic E-state index is 13.7. The van der Waals surface area contributed by atoms with Gasteiger partial charge in [-0.3, -0.25) is 4.90 Å². The van der Waals surface area contributed by atoms with Crippen molar-refractivity contribution in [2.24, 2.45) is 5.73 Å². The summed E-state index contributed by atoms with van der Waals surface area (Å²) in [7, 11) is 0. The van der Waals surface area contributed by atoms with E-state index in [-0.39, 0.29) is 18.5 Å². The van der Waals surface area contributed by atoms with Crippen LogP contribution >= 0.6 is 0 Å². The van der Waals surface area contributed by atoms with Gasteiger partial charge in [-0.05, 0) is 37.1 Å². The Balaban J connectivity index is 2.18. The molecule has 1 atom stereocenters. The van der Waals surface area contributed by atoms with Crippen LogP contribution in [0.4, 0.5) is 10.1 Å². The van der Waals surface area contributed by atoms with Gasteiger partial charge in [-0.25, -0.2) is 4.39 Å². The van der Waals surface area contributed by atoms with Gasteiger partial charge < -0.3 is 15.7 Å². The third kappa shape index (κ3) is 3.29. The average molecular weight is 281 g/mol. The molecule has 1 fully saturated rings. The lowest BCUT2D eigenvalue weighted by molar-refractivity contribution is 0.188. The largest absolute Gasteiger partial charge is 0.395 e. The molecular formula is C15H24FN3O. The molecule has 1 unspecified atom stereocenters. The first-order valence-corrected chi connectivity index (χ1v) is 7.16. The number of anilines is 1. The molecule has 1 aromatic carbocycles. The van der Waals surface area contributed by atoms with Gasteiger partial charge in [0.1, 0.15) is 5.82 Å². The summed E-state index contributed by atoms with van der Waals surface area (Å²) in [5.74, 6) is -0.194. The van der Waals surface area contributed by atoms with Crippen molar-refractivity contribution in [3.05, 3.63) is 29.1 Å². The van der Waals surface area contributed by atoms with Crippen LogP contribution in [0.25, 0.3) is 0 Å². The van der Waals surface area contributed by atoms with Gasteiger partial charge in [-0.1, -0.05) is 0 Å². The van der Waals surface area contributed by atoms with Crippen LogP contribution < -0.4 is 10.6 Å². The van der Waals surface area contributed by atoms with Gasteiger partial charge in [0.05, 0.1) is 6.61 Å². The van der Waals surface area contributed by atoms with E-state index >= 15 is 0 Å². The average Bonchev–Trinajstić information content (AvgIpc) is 2.42. The minimum absolute atomic E-state index is 0.185. The summed E-state index contributed by atoms with van der Waals surface area (Å²) in [4.78, 5) is 4.50. The molecule has 0 bridgehead atoms. The van der Waals surface area contributed by atoms with Crippen molar-refractivity contribution in [3.63, 3.8) is 0 Å². The van der Waals surface area contributed by atoms with Crippen molar-refractivity contribution in [3.8, 4) is 0 Å². The normalized spacial score (nSPS) is 18.4. The van der Waals surface area contributed by atoms with Crippen molar-refractivity contribution >= 4 is 5.69 Å². The van der Waals surface area contributed by atoms with Gasteiger partial charge in [0.15, 0.2) is 0 Å². The van der Waals surface area contributed by atoms with E-state index < -0.39 is 0 Å². The highest BCUT2D eigenvalue weighted by Gasteiger charge is 2.21. The van der Waals surface area contributed by atoms with Crippen molar-refractivity contribution < 1.29 is 9.50 Å². The number of halogens is 1. The summed E-state index contributed by atoms with van der Waals surface area (Å²) in [6, 6.07) is 3.28. The monoisotopic (exact) mass is 281 g/mol. The van der Waals surface area contributed by atoms with E-state index in [0.717, 1.165) is 44.0 Å². The number of nitrogens with zero attached hydrogens (tertiary/aromatic N) is 2. The van der Waals surface area contributed by atoms with Gasteiger partial charge >= 0.3 is 0 Å². The number of benzene rings is 1. The molecule has 0 amide bonds. The zero-order valence-electron chi connectivity index (χ0n) is 12.3. The highest BCUT2D eigenvalue weighted by Crippen LogP contribution is 2.29. The van der Waals surface area contributed by atoms with Crippen molar-refractivity contribution in [2.45, 2.75) is 19.9 Å². The number of aliphatic hydroxyl groups excluding tert-OH is 1. The molecule has 1 aliphatic heterocycles. The number of hydrogen-bond donors (Lipinski definition) is 2. The summed E-state index contributed by atoms with van der Waals surface area (Å²) in [5.41, 5.74) is 8.54. The van der Waals surface area contributed by atoms with E-state index in [9.17, 15) is 4.39 Å². The quantitative estimate of drug-likeness (QED) is 0.872. The summed E-state index contributed by atoms with van der Waals surface area (Å²) in [6.07, 6.45) is 0. The lowest BCUT2D eigenvalue weighted by Gasteiger charge is -2.37. The zero-order valence-corrected chi connectivity index (χ0v) is 12.3. The van der Waals surface area contributed by atoms with Crippen LogP contribution in [0.15, 0.2) is 12.1 Å². The molecule has 2 rings (SSSR count). The number of aryl methyl sites for hydroxylation is 1. The molecule has 0 spiro atoms. The lowest BCUT2D eigenvalue weighted by Crippen LogP contribution is -2.47. The second-order valence-corrected chi connectivity index (χ2v) is 5.50. The third-order valence-electron chi connectivity index (χ3n) is 3.93. The predicted octanol–water partition coefficient (Wildman–Crippen LogP) is 1.27. The Morgan fingerprint density at radius 2 is 1.95 bits per heavy atom. The van der Waals surface area contributed by atoms with E-state index in [0.29, 0.717) is 5.56 Å². The lowest BCUT2D eigenvalue weighted by atomic mass is 10.0. The Labute approximate surface area is 120 Å². The molecule has 0 radical (unpaired) electrons. The number of nitrogens with two attached hydrogens (primary N) is 1. The molecule has 0 aliphatic carbocycles. The number of hydrogen-bond acceptors (Lipinski definition) is 4. The maximum absolute atomic E-state index is 13.7. The molecule has 0 aromatic heterocycles. The maximum Gasteiger partial charge on any atom is 0.126 e. The number of rotatable bonds is 4. The van der Waals surface area contributed by atoms with Crippen LogP contribution in [-0.2, 0) is 0 Å². The summed E-state index contributed by atoms with van der Waals surface area (Å²) in [5, 5.41) is 8.97. The molecule has 1 saturated heterocycles. The number of β-amino-alcohol motifs (C(OH)–C–C–N with tert-alkyl or cyclic N) is 1. The number of piperazine rings is 1. The van der Waals surface area contributed by atoms with Crippen LogP contribution in [-0.4, -0.2) is 49.3 Å². The van der Waals surface area contributed by atoms with Crippen molar-refractivity contribution in [2.75, 3.05) is 44.2 Å². The Kier molecular flexibility index (Phi) is 4.96. The van der Waals surface area contributed by atoms with Crippen LogP contribution in [0.1, 0.15) is 24.1 Å².